The number of hydrogen-bond acceptors (Lipinski definition) is 6. The van der Waals surface area contributed by atoms with Gasteiger partial charge in [0.25, 0.3) is 5.91 Å². The molecular weight excluding hydrogens is 409 g/mol. The second-order valence-corrected chi connectivity index (χ2v) is 6.96. The fraction of sp³-hybridized carbons (Fsp3) is 0.182. The summed E-state index contributed by atoms with van der Waals surface area (Å²) in [6, 6.07) is 10.9. The minimum atomic E-state index is -0.653. The van der Waals surface area contributed by atoms with Crippen molar-refractivity contribution in [1.82, 2.24) is 0 Å². The van der Waals surface area contributed by atoms with Crippen molar-refractivity contribution in [2.24, 2.45) is 0 Å². The van der Waals surface area contributed by atoms with Crippen LogP contribution in [0.25, 0.3) is 11.1 Å². The maximum atomic E-state index is 14.0. The van der Waals surface area contributed by atoms with Crippen LogP contribution in [0.1, 0.15) is 27.6 Å². The molecule has 6 nitrogen and oxygen atoms in total. The van der Waals surface area contributed by atoms with Crippen molar-refractivity contribution in [2.75, 3.05) is 26.1 Å². The molecule has 0 unspecified atom stereocenters. The van der Waals surface area contributed by atoms with E-state index in [1.54, 1.807) is 36.6 Å². The number of amides is 1. The molecule has 0 saturated heterocycles. The molecule has 1 aromatic heterocycles. The van der Waals surface area contributed by atoms with Crippen molar-refractivity contribution in [1.29, 1.82) is 0 Å². The summed E-state index contributed by atoms with van der Waals surface area (Å²) in [5.41, 5.74) is 1.31. The van der Waals surface area contributed by atoms with E-state index in [1.807, 2.05) is 0 Å². The first-order valence-electron chi connectivity index (χ1n) is 9.07. The van der Waals surface area contributed by atoms with E-state index in [0.717, 1.165) is 11.3 Å². The van der Waals surface area contributed by atoms with E-state index in [1.165, 1.54) is 32.4 Å². The van der Waals surface area contributed by atoms with Crippen molar-refractivity contribution in [2.45, 2.75) is 6.92 Å². The normalized spacial score (nSPS) is 10.4. The Morgan fingerprint density at radius 3 is 2.47 bits per heavy atom. The third kappa shape index (κ3) is 4.28. The van der Waals surface area contributed by atoms with Crippen molar-refractivity contribution in [3.8, 4) is 22.6 Å². The number of esters is 1. The number of rotatable bonds is 7. The first-order valence-corrected chi connectivity index (χ1v) is 9.95. The molecule has 0 spiro atoms. The van der Waals surface area contributed by atoms with E-state index in [4.69, 9.17) is 14.2 Å². The summed E-state index contributed by atoms with van der Waals surface area (Å²) >= 11 is 1.15. The van der Waals surface area contributed by atoms with Gasteiger partial charge in [0.15, 0.2) is 11.5 Å². The molecule has 0 aliphatic carbocycles. The van der Waals surface area contributed by atoms with Crippen LogP contribution in [0.3, 0.4) is 0 Å². The first kappa shape index (κ1) is 21.3. The van der Waals surface area contributed by atoms with Crippen LogP contribution in [-0.4, -0.2) is 32.7 Å². The van der Waals surface area contributed by atoms with Gasteiger partial charge in [-0.3, -0.25) is 4.79 Å². The van der Waals surface area contributed by atoms with Crippen LogP contribution in [-0.2, 0) is 4.74 Å². The lowest BCUT2D eigenvalue weighted by atomic mass is 10.0. The van der Waals surface area contributed by atoms with Gasteiger partial charge in [-0.15, -0.1) is 11.3 Å². The van der Waals surface area contributed by atoms with E-state index >= 15 is 0 Å². The molecule has 3 aromatic rings. The Hall–Kier alpha value is -3.39. The summed E-state index contributed by atoms with van der Waals surface area (Å²) in [4.78, 5) is 25.3. The zero-order valence-corrected chi connectivity index (χ0v) is 17.5. The predicted molar refractivity (Wildman–Crippen MR) is 113 cm³/mol. The highest BCUT2D eigenvalue weighted by Crippen LogP contribution is 2.39. The van der Waals surface area contributed by atoms with E-state index in [0.29, 0.717) is 22.6 Å². The average molecular weight is 429 g/mol. The van der Waals surface area contributed by atoms with Crippen LogP contribution in [0.2, 0.25) is 0 Å². The van der Waals surface area contributed by atoms with Crippen LogP contribution in [0.5, 0.6) is 11.5 Å². The zero-order valence-electron chi connectivity index (χ0n) is 16.7. The Morgan fingerprint density at radius 1 is 1.07 bits per heavy atom. The number of nitrogens with one attached hydrogen (secondary N) is 1. The van der Waals surface area contributed by atoms with Gasteiger partial charge in [0, 0.05) is 10.9 Å². The van der Waals surface area contributed by atoms with Crippen molar-refractivity contribution in [3.05, 3.63) is 64.8 Å². The lowest BCUT2D eigenvalue weighted by Crippen LogP contribution is -2.16. The van der Waals surface area contributed by atoms with Crippen LogP contribution < -0.4 is 14.8 Å². The Kier molecular flexibility index (Phi) is 6.68. The van der Waals surface area contributed by atoms with Gasteiger partial charge in [0.2, 0.25) is 0 Å². The van der Waals surface area contributed by atoms with Crippen molar-refractivity contribution < 1.29 is 28.2 Å². The summed E-state index contributed by atoms with van der Waals surface area (Å²) in [6.45, 7) is 1.86. The summed E-state index contributed by atoms with van der Waals surface area (Å²) in [5, 5.41) is 4.63. The monoisotopic (exact) mass is 429 g/mol. The number of methoxy groups -OCH3 is 2. The number of anilines is 1. The lowest BCUT2D eigenvalue weighted by molar-refractivity contribution is 0.0529. The summed E-state index contributed by atoms with van der Waals surface area (Å²) in [7, 11) is 3.05. The second-order valence-electron chi connectivity index (χ2n) is 6.08. The molecule has 30 heavy (non-hydrogen) atoms. The Labute approximate surface area is 177 Å². The van der Waals surface area contributed by atoms with Gasteiger partial charge >= 0.3 is 5.97 Å². The number of hydrogen-bond donors (Lipinski definition) is 1. The summed E-state index contributed by atoms with van der Waals surface area (Å²) < 4.78 is 29.8. The highest BCUT2D eigenvalue weighted by molar-refractivity contribution is 7.15. The Bertz CT molecular complexity index is 1080. The quantitative estimate of drug-likeness (QED) is 0.535. The molecule has 0 atom stereocenters. The number of carbonyl (C=O) groups is 2. The van der Waals surface area contributed by atoms with Crippen LogP contribution in [0.4, 0.5) is 9.39 Å². The SMILES string of the molecule is CCOC(=O)c1c(-c2ccc(OC)c(OC)c2)csc1NC(=O)c1ccccc1F. The molecule has 1 heterocycles. The summed E-state index contributed by atoms with van der Waals surface area (Å²) in [6.07, 6.45) is 0. The van der Waals surface area contributed by atoms with Gasteiger partial charge in [-0.1, -0.05) is 18.2 Å². The maximum Gasteiger partial charge on any atom is 0.341 e. The number of ether oxygens (including phenoxy) is 3. The van der Waals surface area contributed by atoms with Crippen LogP contribution in [0, 0.1) is 5.82 Å². The zero-order chi connectivity index (χ0) is 21.7. The average Bonchev–Trinajstić information content (AvgIpc) is 3.17. The number of carbonyl (C=O) groups excluding carboxylic acids is 2. The number of benzene rings is 2. The lowest BCUT2D eigenvalue weighted by Gasteiger charge is -2.11. The van der Waals surface area contributed by atoms with Crippen LogP contribution in [0.15, 0.2) is 47.8 Å². The minimum Gasteiger partial charge on any atom is -0.493 e. The fourth-order valence-electron chi connectivity index (χ4n) is 2.89. The van der Waals surface area contributed by atoms with E-state index in [2.05, 4.69) is 5.32 Å². The number of thiophene rings is 1. The highest BCUT2D eigenvalue weighted by Gasteiger charge is 2.24. The molecule has 0 bridgehead atoms. The molecule has 0 fully saturated rings. The van der Waals surface area contributed by atoms with Gasteiger partial charge < -0.3 is 19.5 Å². The molecule has 0 saturated carbocycles. The van der Waals surface area contributed by atoms with Crippen molar-refractivity contribution >= 4 is 28.2 Å². The molecule has 156 valence electrons. The maximum absolute atomic E-state index is 14.0. The van der Waals surface area contributed by atoms with E-state index < -0.39 is 17.7 Å². The molecule has 0 aliphatic heterocycles. The smallest absolute Gasteiger partial charge is 0.341 e. The molecule has 3 rings (SSSR count). The molecule has 1 N–H and O–H groups in total. The Morgan fingerprint density at radius 2 is 1.80 bits per heavy atom. The fourth-order valence-corrected chi connectivity index (χ4v) is 3.84. The molecule has 0 aliphatic rings. The van der Waals surface area contributed by atoms with Gasteiger partial charge in [-0.25, -0.2) is 9.18 Å². The van der Waals surface area contributed by atoms with Gasteiger partial charge in [-0.2, -0.15) is 0 Å². The third-order valence-corrected chi connectivity index (χ3v) is 5.21. The summed E-state index contributed by atoms with van der Waals surface area (Å²) in [5.74, 6) is -0.855. The third-order valence-electron chi connectivity index (χ3n) is 4.31. The molecular formula is C22H20FNO5S. The highest BCUT2D eigenvalue weighted by atomic mass is 32.1. The van der Waals surface area contributed by atoms with Gasteiger partial charge in [0.05, 0.1) is 26.4 Å². The van der Waals surface area contributed by atoms with Gasteiger partial charge in [0.1, 0.15) is 16.4 Å². The van der Waals surface area contributed by atoms with E-state index in [9.17, 15) is 14.0 Å². The Balaban J connectivity index is 2.04. The minimum absolute atomic E-state index is 0.117. The topological polar surface area (TPSA) is 73.9 Å². The molecule has 0 radical (unpaired) electrons. The molecule has 8 heteroatoms. The van der Waals surface area contributed by atoms with Crippen molar-refractivity contribution in [3.63, 3.8) is 0 Å². The van der Waals surface area contributed by atoms with E-state index in [-0.39, 0.29) is 22.7 Å². The predicted octanol–water partition coefficient (Wildman–Crippen LogP) is 5.00. The van der Waals surface area contributed by atoms with Gasteiger partial charge in [-0.05, 0) is 36.8 Å². The van der Waals surface area contributed by atoms with Crippen LogP contribution >= 0.6 is 11.3 Å². The molecule has 2 aromatic carbocycles. The standard InChI is InChI=1S/C22H20FNO5S/c1-4-29-22(26)19-15(13-9-10-17(27-2)18(11-13)28-3)12-30-21(19)24-20(25)14-7-5-6-8-16(14)23/h5-12H,4H2,1-3H3,(H,24,25). The second kappa shape index (κ2) is 9.41. The number of halogens is 1. The first-order chi connectivity index (χ1) is 14.5. The molecule has 1 amide bonds. The largest absolute Gasteiger partial charge is 0.493 e.